The highest BCUT2D eigenvalue weighted by atomic mass is 32.1. The topological polar surface area (TPSA) is 25.8 Å². The molecule has 0 amide bonds. The summed E-state index contributed by atoms with van der Waals surface area (Å²) >= 11 is 5.24. The van der Waals surface area contributed by atoms with Gasteiger partial charge in [0.1, 0.15) is 11.0 Å². The summed E-state index contributed by atoms with van der Waals surface area (Å²) in [5.41, 5.74) is 3.85. The van der Waals surface area contributed by atoms with Gasteiger partial charge in [-0.1, -0.05) is 24.3 Å². The molecule has 0 saturated carbocycles. The van der Waals surface area contributed by atoms with E-state index in [-0.39, 0.29) is 0 Å². The summed E-state index contributed by atoms with van der Waals surface area (Å²) in [4.78, 5) is 12.3. The molecule has 0 unspecified atom stereocenters. The monoisotopic (exact) mass is 376 g/mol. The fourth-order valence-corrected chi connectivity index (χ4v) is 5.31. The summed E-state index contributed by atoms with van der Waals surface area (Å²) in [6.07, 6.45) is 4.43. The van der Waals surface area contributed by atoms with E-state index in [0.717, 1.165) is 22.1 Å². The van der Waals surface area contributed by atoms with Gasteiger partial charge in [0.25, 0.3) is 0 Å². The average Bonchev–Trinajstić information content (AvgIpc) is 3.38. The van der Waals surface area contributed by atoms with Crippen molar-refractivity contribution in [2.75, 3.05) is 0 Å². The Hall–Kier alpha value is -2.34. The molecule has 5 heteroatoms. The van der Waals surface area contributed by atoms with Crippen molar-refractivity contribution < 1.29 is 0 Å². The van der Waals surface area contributed by atoms with Gasteiger partial charge in [-0.2, -0.15) is 0 Å². The lowest BCUT2D eigenvalue weighted by atomic mass is 10.2. The molecule has 0 aliphatic rings. The van der Waals surface area contributed by atoms with Gasteiger partial charge in [0.2, 0.25) is 0 Å². The maximum absolute atomic E-state index is 4.91. The third kappa shape index (κ3) is 2.80. The normalized spacial score (nSPS) is 13.3. The van der Waals surface area contributed by atoms with Crippen molar-refractivity contribution in [1.82, 2.24) is 9.97 Å². The molecule has 0 bridgehead atoms. The third-order valence-corrected chi connectivity index (χ3v) is 6.59. The van der Waals surface area contributed by atoms with Crippen molar-refractivity contribution in [2.24, 2.45) is 0 Å². The van der Waals surface area contributed by atoms with Crippen LogP contribution in [0, 0.1) is 0 Å². The summed E-state index contributed by atoms with van der Waals surface area (Å²) in [5.74, 6) is 0. The molecule has 0 spiro atoms. The predicted octanol–water partition coefficient (Wildman–Crippen LogP) is 4.63. The van der Waals surface area contributed by atoms with E-state index < -0.39 is 0 Å². The molecule has 4 aromatic heterocycles. The van der Waals surface area contributed by atoms with Crippen LogP contribution in [-0.2, 0) is 0 Å². The number of aromatic nitrogens is 2. The van der Waals surface area contributed by atoms with Crippen LogP contribution in [0.3, 0.4) is 0 Å². The highest BCUT2D eigenvalue weighted by molar-refractivity contribution is 7.12. The first-order valence-electron chi connectivity index (χ1n) is 7.83. The molecule has 0 fully saturated rings. The molecule has 0 atom stereocenters. The van der Waals surface area contributed by atoms with Crippen LogP contribution in [0.5, 0.6) is 0 Å². The van der Waals surface area contributed by atoms with Gasteiger partial charge in [-0.05, 0) is 47.2 Å². The smallest absolute Gasteiger partial charge is 0.108 e. The molecule has 0 aliphatic carbocycles. The second-order valence-corrected chi connectivity index (χ2v) is 8.60. The van der Waals surface area contributed by atoms with Crippen LogP contribution in [0.15, 0.2) is 59.3 Å². The third-order valence-electron chi connectivity index (χ3n) is 3.89. The summed E-state index contributed by atoms with van der Waals surface area (Å²) in [5, 5.41) is 4.20. The number of benzene rings is 1. The number of rotatable bonds is 2. The average molecular weight is 377 g/mol. The minimum Gasteiger partial charge on any atom is -0.243 e. The summed E-state index contributed by atoms with van der Waals surface area (Å²) in [6.45, 7) is 0. The number of hydrogen-bond acceptors (Lipinski definition) is 5. The fraction of sp³-hybridized carbons (Fsp3) is 0. The molecule has 0 radical (unpaired) electrons. The molecule has 5 rings (SSSR count). The molecule has 4 heterocycles. The molecule has 0 saturated heterocycles. The van der Waals surface area contributed by atoms with E-state index in [1.54, 1.807) is 34.0 Å². The predicted molar refractivity (Wildman–Crippen MR) is 110 cm³/mol. The number of thiophene rings is 3. The molecule has 1 aromatic carbocycles. The first-order chi connectivity index (χ1) is 12.4. The van der Waals surface area contributed by atoms with Crippen LogP contribution in [0.4, 0.5) is 0 Å². The highest BCUT2D eigenvalue weighted by Crippen LogP contribution is 2.16. The summed E-state index contributed by atoms with van der Waals surface area (Å²) in [7, 11) is 0. The lowest BCUT2D eigenvalue weighted by molar-refractivity contribution is 1.40. The molecule has 120 valence electrons. The van der Waals surface area contributed by atoms with Crippen molar-refractivity contribution >= 4 is 68.2 Å². The molecule has 25 heavy (non-hydrogen) atoms. The molecule has 5 aromatic rings. The van der Waals surface area contributed by atoms with Crippen molar-refractivity contribution in [3.05, 3.63) is 78.1 Å². The number of hydrogen-bond donors (Lipinski definition) is 0. The van der Waals surface area contributed by atoms with E-state index >= 15 is 0 Å². The van der Waals surface area contributed by atoms with Crippen LogP contribution >= 0.6 is 34.0 Å². The van der Waals surface area contributed by atoms with Gasteiger partial charge in [0.05, 0.1) is 20.1 Å². The van der Waals surface area contributed by atoms with Crippen molar-refractivity contribution in [3.63, 3.8) is 0 Å². The van der Waals surface area contributed by atoms with Gasteiger partial charge in [-0.15, -0.1) is 34.0 Å². The molecule has 0 aliphatic heterocycles. The van der Waals surface area contributed by atoms with Gasteiger partial charge >= 0.3 is 0 Å². The second kappa shape index (κ2) is 6.19. The Morgan fingerprint density at radius 3 is 1.60 bits per heavy atom. The van der Waals surface area contributed by atoms with Gasteiger partial charge in [0.15, 0.2) is 0 Å². The second-order valence-electron chi connectivity index (χ2n) is 5.56. The van der Waals surface area contributed by atoms with Crippen LogP contribution < -0.4 is 9.06 Å². The fourth-order valence-electron chi connectivity index (χ4n) is 2.76. The highest BCUT2D eigenvalue weighted by Gasteiger charge is 2.08. The van der Waals surface area contributed by atoms with Gasteiger partial charge in [-0.3, -0.25) is 0 Å². The number of para-hydroxylation sites is 2. The van der Waals surface area contributed by atoms with E-state index in [1.165, 1.54) is 18.8 Å². The minimum absolute atomic E-state index is 0.941. The minimum atomic E-state index is 0.941. The number of nitrogens with zero attached hydrogens (tertiary/aromatic N) is 2. The Morgan fingerprint density at radius 2 is 1.16 bits per heavy atom. The Balaban J connectivity index is 1.89. The first kappa shape index (κ1) is 15.0. The van der Waals surface area contributed by atoms with E-state index in [9.17, 15) is 0 Å². The lowest BCUT2D eigenvalue weighted by Crippen LogP contribution is -1.97. The Kier molecular flexibility index (Phi) is 3.70. The first-order valence-corrected chi connectivity index (χ1v) is 10.4. The van der Waals surface area contributed by atoms with Gasteiger partial charge in [0, 0.05) is 9.75 Å². The van der Waals surface area contributed by atoms with Crippen LogP contribution in [0.25, 0.3) is 34.2 Å². The van der Waals surface area contributed by atoms with E-state index in [4.69, 9.17) is 9.97 Å². The summed E-state index contributed by atoms with van der Waals surface area (Å²) in [6, 6.07) is 16.5. The van der Waals surface area contributed by atoms with Crippen molar-refractivity contribution in [2.45, 2.75) is 0 Å². The zero-order chi connectivity index (χ0) is 16.6. The molecule has 0 N–H and O–H groups in total. The maximum Gasteiger partial charge on any atom is 0.108 e. The number of fused-ring (bicyclic) bond motifs is 2. The Morgan fingerprint density at radius 1 is 0.640 bits per heavy atom. The molecular weight excluding hydrogens is 364 g/mol. The lowest BCUT2D eigenvalue weighted by Gasteiger charge is -1.96. The zero-order valence-corrected chi connectivity index (χ0v) is 15.5. The van der Waals surface area contributed by atoms with Crippen LogP contribution in [0.1, 0.15) is 9.75 Å². The Bertz CT molecular complexity index is 1180. The SMILES string of the molecule is C(c1cccs1)=c1sc(=Cc2cccs2)c2nc3ccccc3nc12. The van der Waals surface area contributed by atoms with Crippen molar-refractivity contribution in [1.29, 1.82) is 0 Å². The zero-order valence-electron chi connectivity index (χ0n) is 13.0. The van der Waals surface area contributed by atoms with Crippen LogP contribution in [0.2, 0.25) is 0 Å². The maximum atomic E-state index is 4.91. The largest absolute Gasteiger partial charge is 0.243 e. The molecule has 2 nitrogen and oxygen atoms in total. The summed E-state index contributed by atoms with van der Waals surface area (Å²) < 4.78 is 2.33. The Labute approximate surface area is 156 Å². The molecular formula is C20H12N2S3. The standard InChI is InChI=1S/C20H12N2S3/c1-2-8-16-15(7-1)21-19-17(11-13-5-3-9-23-13)25-18(20(19)22-16)12-14-6-4-10-24-14/h1-12H. The van der Waals surface area contributed by atoms with Crippen LogP contribution in [-0.4, -0.2) is 9.97 Å². The van der Waals surface area contributed by atoms with E-state index in [2.05, 4.69) is 47.2 Å². The quantitative estimate of drug-likeness (QED) is 0.449. The van der Waals surface area contributed by atoms with Gasteiger partial charge in [-0.25, -0.2) is 9.97 Å². The van der Waals surface area contributed by atoms with Gasteiger partial charge < -0.3 is 0 Å². The van der Waals surface area contributed by atoms with Crippen molar-refractivity contribution in [3.8, 4) is 0 Å². The van der Waals surface area contributed by atoms with E-state index in [0.29, 0.717) is 0 Å². The van der Waals surface area contributed by atoms with E-state index in [1.807, 2.05) is 24.3 Å².